The molecule has 0 aliphatic carbocycles. The lowest BCUT2D eigenvalue weighted by Crippen LogP contribution is -2.54. The van der Waals surface area contributed by atoms with Crippen LogP contribution in [0.2, 0.25) is 0 Å². The van der Waals surface area contributed by atoms with Crippen LogP contribution in [0.15, 0.2) is 48.5 Å². The number of carbonyl (C=O) groups excluding carboxylic acids is 5. The summed E-state index contributed by atoms with van der Waals surface area (Å²) in [5.41, 5.74) is 5.90. The van der Waals surface area contributed by atoms with Crippen molar-refractivity contribution in [3.8, 4) is 5.75 Å². The number of ether oxygens (including phenoxy) is 2. The van der Waals surface area contributed by atoms with Crippen LogP contribution in [0, 0.1) is 16.0 Å². The summed E-state index contributed by atoms with van der Waals surface area (Å²) in [5, 5.41) is 21.1. The highest BCUT2D eigenvalue weighted by Gasteiger charge is 2.28. The van der Waals surface area contributed by atoms with Crippen LogP contribution in [0.1, 0.15) is 39.2 Å². The molecule has 15 nitrogen and oxygen atoms in total. The van der Waals surface area contributed by atoms with E-state index in [1.165, 1.54) is 31.2 Å². The van der Waals surface area contributed by atoms with Crippen LogP contribution in [0.4, 0.5) is 21.0 Å². The minimum absolute atomic E-state index is 0.0764. The minimum Gasteiger partial charge on any atom is -0.429 e. The van der Waals surface area contributed by atoms with Crippen LogP contribution in [-0.2, 0) is 25.7 Å². The predicted molar refractivity (Wildman–Crippen MR) is 150 cm³/mol. The van der Waals surface area contributed by atoms with Gasteiger partial charge in [-0.2, -0.15) is 0 Å². The first kappa shape index (κ1) is 33.0. The number of anilines is 1. The number of nitrogens with two attached hydrogens (primary N) is 1. The molecule has 0 aliphatic rings. The number of urea groups is 1. The summed E-state index contributed by atoms with van der Waals surface area (Å²) in [5.74, 6) is -1.61. The van der Waals surface area contributed by atoms with Crippen molar-refractivity contribution in [2.24, 2.45) is 11.7 Å². The number of rotatable bonds is 14. The van der Waals surface area contributed by atoms with Gasteiger partial charge in [0.05, 0.1) is 4.92 Å². The van der Waals surface area contributed by atoms with E-state index in [4.69, 9.17) is 15.2 Å². The molecule has 42 heavy (non-hydrogen) atoms. The molecule has 0 radical (unpaired) electrons. The molecule has 2 rings (SSSR count). The molecule has 0 aromatic heterocycles. The third kappa shape index (κ3) is 11.5. The summed E-state index contributed by atoms with van der Waals surface area (Å²) in [6, 6.07) is 8.70. The lowest BCUT2D eigenvalue weighted by Gasteiger charge is -2.25. The van der Waals surface area contributed by atoms with Gasteiger partial charge in [-0.1, -0.05) is 26.0 Å². The third-order valence-electron chi connectivity index (χ3n) is 5.74. The Kier molecular flexibility index (Phi) is 12.7. The van der Waals surface area contributed by atoms with Crippen LogP contribution in [0.25, 0.3) is 0 Å². The van der Waals surface area contributed by atoms with E-state index in [0.29, 0.717) is 17.7 Å². The van der Waals surface area contributed by atoms with Crippen molar-refractivity contribution in [3.05, 3.63) is 64.2 Å². The zero-order valence-corrected chi connectivity index (χ0v) is 23.4. The second kappa shape index (κ2) is 16.2. The highest BCUT2D eigenvalue weighted by Crippen LogP contribution is 2.18. The van der Waals surface area contributed by atoms with Crippen molar-refractivity contribution in [2.75, 3.05) is 11.9 Å². The summed E-state index contributed by atoms with van der Waals surface area (Å²) in [7, 11) is 0. The SMILES string of the molecule is CC(=O)N[C@H](C(=O)N[C@@H](CCCNC(N)=O)C(=O)Nc1ccc(COC(=O)Oc2ccc([N+](=O)[O-])cc2)cc1)C(C)C. The van der Waals surface area contributed by atoms with Gasteiger partial charge in [-0.25, -0.2) is 9.59 Å². The minimum atomic E-state index is -1.01. The third-order valence-corrected chi connectivity index (χ3v) is 5.74. The number of nitro groups is 1. The molecular formula is C27H34N6O9. The number of amides is 5. The highest BCUT2D eigenvalue weighted by molar-refractivity contribution is 5.98. The number of hydrogen-bond acceptors (Lipinski definition) is 9. The fourth-order valence-electron chi connectivity index (χ4n) is 3.62. The van der Waals surface area contributed by atoms with E-state index in [-0.39, 0.29) is 42.8 Å². The van der Waals surface area contributed by atoms with Crippen molar-refractivity contribution >= 4 is 41.3 Å². The molecule has 0 unspecified atom stereocenters. The Morgan fingerprint density at radius 1 is 0.952 bits per heavy atom. The van der Waals surface area contributed by atoms with Crippen LogP contribution in [0.3, 0.4) is 0 Å². The molecule has 0 bridgehead atoms. The van der Waals surface area contributed by atoms with Gasteiger partial charge in [0.15, 0.2) is 0 Å². The van der Waals surface area contributed by atoms with Gasteiger partial charge in [-0.15, -0.1) is 0 Å². The predicted octanol–water partition coefficient (Wildman–Crippen LogP) is 2.34. The second-order valence-corrected chi connectivity index (χ2v) is 9.49. The van der Waals surface area contributed by atoms with Gasteiger partial charge in [0, 0.05) is 31.3 Å². The summed E-state index contributed by atoms with van der Waals surface area (Å²) < 4.78 is 10.0. The summed E-state index contributed by atoms with van der Waals surface area (Å²) in [6.45, 7) is 4.85. The maximum absolute atomic E-state index is 13.1. The van der Waals surface area contributed by atoms with E-state index < -0.39 is 41.0 Å². The molecule has 0 aliphatic heterocycles. The normalized spacial score (nSPS) is 11.9. The van der Waals surface area contributed by atoms with E-state index in [2.05, 4.69) is 21.3 Å². The number of nitrogens with one attached hydrogen (secondary N) is 4. The maximum Gasteiger partial charge on any atom is 0.514 e. The van der Waals surface area contributed by atoms with Crippen molar-refractivity contribution in [1.29, 1.82) is 0 Å². The van der Waals surface area contributed by atoms with E-state index in [0.717, 1.165) is 0 Å². The van der Waals surface area contributed by atoms with E-state index in [1.54, 1.807) is 38.1 Å². The Labute approximate surface area is 241 Å². The number of non-ortho nitro benzene ring substituents is 1. The fraction of sp³-hybridized carbons (Fsp3) is 0.370. The zero-order chi connectivity index (χ0) is 31.2. The largest absolute Gasteiger partial charge is 0.514 e. The number of primary amides is 1. The lowest BCUT2D eigenvalue weighted by atomic mass is 10.0. The van der Waals surface area contributed by atoms with Crippen molar-refractivity contribution in [3.63, 3.8) is 0 Å². The molecule has 2 aromatic rings. The number of nitro benzene ring substituents is 1. The quantitative estimate of drug-likeness (QED) is 0.0719. The van der Waals surface area contributed by atoms with Crippen molar-refractivity contribution in [2.45, 2.75) is 52.3 Å². The van der Waals surface area contributed by atoms with Crippen LogP contribution >= 0.6 is 0 Å². The average molecular weight is 587 g/mol. The fourth-order valence-corrected chi connectivity index (χ4v) is 3.62. The number of benzene rings is 2. The first-order chi connectivity index (χ1) is 19.8. The molecule has 0 heterocycles. The molecule has 0 spiro atoms. The van der Waals surface area contributed by atoms with Gasteiger partial charge >= 0.3 is 12.2 Å². The highest BCUT2D eigenvalue weighted by atomic mass is 16.7. The Morgan fingerprint density at radius 2 is 1.60 bits per heavy atom. The zero-order valence-electron chi connectivity index (χ0n) is 23.4. The smallest absolute Gasteiger partial charge is 0.429 e. The molecule has 0 fully saturated rings. The first-order valence-corrected chi connectivity index (χ1v) is 12.9. The van der Waals surface area contributed by atoms with Gasteiger partial charge in [-0.05, 0) is 48.6 Å². The maximum atomic E-state index is 13.1. The van der Waals surface area contributed by atoms with E-state index in [9.17, 15) is 34.1 Å². The number of nitrogens with zero attached hydrogens (tertiary/aromatic N) is 1. The van der Waals surface area contributed by atoms with Gasteiger partial charge in [0.25, 0.3) is 5.69 Å². The molecule has 226 valence electrons. The van der Waals surface area contributed by atoms with Crippen LogP contribution in [0.5, 0.6) is 5.75 Å². The van der Waals surface area contributed by atoms with E-state index >= 15 is 0 Å². The summed E-state index contributed by atoms with van der Waals surface area (Å²) in [6.07, 6.45) is -0.504. The monoisotopic (exact) mass is 586 g/mol. The Balaban J connectivity index is 1.97. The van der Waals surface area contributed by atoms with Crippen LogP contribution in [-0.4, -0.2) is 53.5 Å². The van der Waals surface area contributed by atoms with Crippen molar-refractivity contribution < 1.29 is 38.4 Å². The Morgan fingerprint density at radius 3 is 2.14 bits per heavy atom. The lowest BCUT2D eigenvalue weighted by molar-refractivity contribution is -0.384. The van der Waals surface area contributed by atoms with Crippen LogP contribution < -0.4 is 31.7 Å². The molecule has 5 amide bonds. The van der Waals surface area contributed by atoms with Gasteiger partial charge in [0.1, 0.15) is 24.4 Å². The second-order valence-electron chi connectivity index (χ2n) is 9.49. The molecule has 0 saturated heterocycles. The number of hydrogen-bond donors (Lipinski definition) is 5. The summed E-state index contributed by atoms with van der Waals surface area (Å²) >= 11 is 0. The summed E-state index contributed by atoms with van der Waals surface area (Å²) in [4.78, 5) is 70.5. The van der Waals surface area contributed by atoms with Gasteiger partial charge in [-0.3, -0.25) is 24.5 Å². The molecule has 2 atom stereocenters. The van der Waals surface area contributed by atoms with Crippen molar-refractivity contribution in [1.82, 2.24) is 16.0 Å². The molecule has 2 aromatic carbocycles. The molecule has 0 saturated carbocycles. The molecule has 6 N–H and O–H groups in total. The Bertz CT molecular complexity index is 1270. The van der Waals surface area contributed by atoms with E-state index in [1.807, 2.05) is 0 Å². The Hall–Kier alpha value is -5.21. The first-order valence-electron chi connectivity index (χ1n) is 12.9. The van der Waals surface area contributed by atoms with Gasteiger partial charge < -0.3 is 36.5 Å². The molecular weight excluding hydrogens is 552 g/mol. The van der Waals surface area contributed by atoms with Gasteiger partial charge in [0.2, 0.25) is 17.7 Å². The number of carbonyl (C=O) groups is 5. The standard InChI is InChI=1S/C27H34N6O9/c1-16(2)23(30-17(3)34)25(36)32-22(5-4-14-29-26(28)37)24(35)31-19-8-6-18(7-9-19)15-41-27(38)42-21-12-10-20(11-13-21)33(39)40/h6-13,16,22-23H,4-5,14-15H2,1-3H3,(H,30,34)(H,31,35)(H,32,36)(H3,28,29,37)/t22-,23-/m0/s1. The molecule has 15 heteroatoms. The average Bonchev–Trinajstić information content (AvgIpc) is 2.92. The topological polar surface area (TPSA) is 221 Å².